The van der Waals surface area contributed by atoms with Gasteiger partial charge >= 0.3 is 0 Å². The molecule has 1 aromatic rings. The van der Waals surface area contributed by atoms with E-state index in [1.807, 2.05) is 6.92 Å². The molecule has 0 aromatic heterocycles. The van der Waals surface area contributed by atoms with Gasteiger partial charge in [-0.3, -0.25) is 0 Å². The van der Waals surface area contributed by atoms with Crippen molar-refractivity contribution in [3.05, 3.63) is 35.4 Å². The summed E-state index contributed by atoms with van der Waals surface area (Å²) in [5.74, 6) is 0.671. The van der Waals surface area contributed by atoms with Crippen LogP contribution in [0.15, 0.2) is 24.3 Å². The zero-order valence-corrected chi connectivity index (χ0v) is 9.48. The van der Waals surface area contributed by atoms with E-state index in [0.717, 1.165) is 19.5 Å². The molecule has 0 bridgehead atoms. The summed E-state index contributed by atoms with van der Waals surface area (Å²) in [5, 5.41) is 9.44. The average Bonchev–Trinajstić information content (AvgIpc) is 2.13. The maximum atomic E-state index is 9.44. The Morgan fingerprint density at radius 2 is 2.07 bits per heavy atom. The molecule has 1 atom stereocenters. The number of likely N-dealkylation sites (N-methyl/N-ethyl adjacent to an activating group) is 1. The molecule has 1 heterocycles. The predicted octanol–water partition coefficient (Wildman–Crippen LogP) is 1.64. The molecule has 1 unspecified atom stereocenters. The van der Waals surface area contributed by atoms with Crippen LogP contribution in [-0.4, -0.2) is 36.2 Å². The van der Waals surface area contributed by atoms with Gasteiger partial charge in [-0.2, -0.15) is 0 Å². The fraction of sp³-hybridized carbons (Fsp3) is 0.538. The summed E-state index contributed by atoms with van der Waals surface area (Å²) in [6.45, 7) is 4.15. The lowest BCUT2D eigenvalue weighted by atomic mass is 9.87. The van der Waals surface area contributed by atoms with E-state index >= 15 is 0 Å². The molecule has 1 saturated heterocycles. The Bertz CT molecular complexity index is 329. The number of benzene rings is 1. The Kier molecular flexibility index (Phi) is 3.08. The second-order valence-corrected chi connectivity index (χ2v) is 4.67. The van der Waals surface area contributed by atoms with Crippen LogP contribution in [0, 0.1) is 0 Å². The summed E-state index contributed by atoms with van der Waals surface area (Å²) in [6, 6.07) is 8.50. The second kappa shape index (κ2) is 4.33. The van der Waals surface area contributed by atoms with Crippen LogP contribution in [0.2, 0.25) is 0 Å². The SMILES string of the molecule is CC(O)Cc1ccccc1C1CN(C)C1. The van der Waals surface area contributed by atoms with Crippen molar-refractivity contribution < 1.29 is 5.11 Å². The molecule has 0 amide bonds. The minimum absolute atomic E-state index is 0.246. The standard InChI is InChI=1S/C13H19NO/c1-10(15)7-11-5-3-4-6-13(11)12-8-14(2)9-12/h3-6,10,12,15H,7-9H2,1-2H3. The van der Waals surface area contributed by atoms with Gasteiger partial charge < -0.3 is 10.0 Å². The van der Waals surface area contributed by atoms with Crippen LogP contribution in [0.5, 0.6) is 0 Å². The number of rotatable bonds is 3. The predicted molar refractivity (Wildman–Crippen MR) is 62.1 cm³/mol. The van der Waals surface area contributed by atoms with Crippen molar-refractivity contribution in [3.8, 4) is 0 Å². The van der Waals surface area contributed by atoms with Gasteiger partial charge in [-0.15, -0.1) is 0 Å². The highest BCUT2D eigenvalue weighted by molar-refractivity contribution is 5.33. The lowest BCUT2D eigenvalue weighted by molar-refractivity contribution is 0.182. The van der Waals surface area contributed by atoms with Crippen molar-refractivity contribution in [1.29, 1.82) is 0 Å². The number of likely N-dealkylation sites (tertiary alicyclic amines) is 1. The van der Waals surface area contributed by atoms with Crippen LogP contribution in [0.25, 0.3) is 0 Å². The Morgan fingerprint density at radius 3 is 2.67 bits per heavy atom. The van der Waals surface area contributed by atoms with Gasteiger partial charge in [0.25, 0.3) is 0 Å². The van der Waals surface area contributed by atoms with E-state index in [-0.39, 0.29) is 6.10 Å². The molecule has 0 spiro atoms. The number of hydrogen-bond acceptors (Lipinski definition) is 2. The maximum Gasteiger partial charge on any atom is 0.0552 e. The first-order valence-electron chi connectivity index (χ1n) is 5.61. The number of aliphatic hydroxyl groups excluding tert-OH is 1. The topological polar surface area (TPSA) is 23.5 Å². The van der Waals surface area contributed by atoms with E-state index in [1.165, 1.54) is 11.1 Å². The number of hydrogen-bond donors (Lipinski definition) is 1. The summed E-state index contributed by atoms with van der Waals surface area (Å²) >= 11 is 0. The third kappa shape index (κ3) is 2.39. The average molecular weight is 205 g/mol. The van der Waals surface area contributed by atoms with Gasteiger partial charge in [0.05, 0.1) is 6.10 Å². The minimum Gasteiger partial charge on any atom is -0.393 e. The van der Waals surface area contributed by atoms with E-state index in [4.69, 9.17) is 0 Å². The first kappa shape index (κ1) is 10.7. The molecule has 1 fully saturated rings. The molecule has 2 rings (SSSR count). The summed E-state index contributed by atoms with van der Waals surface area (Å²) in [5.41, 5.74) is 2.74. The van der Waals surface area contributed by atoms with Gasteiger partial charge in [0.1, 0.15) is 0 Å². The molecule has 1 aromatic carbocycles. The van der Waals surface area contributed by atoms with E-state index in [9.17, 15) is 5.11 Å². The van der Waals surface area contributed by atoms with Gasteiger partial charge in [-0.05, 0) is 31.5 Å². The van der Waals surface area contributed by atoms with Crippen LogP contribution in [-0.2, 0) is 6.42 Å². The number of nitrogens with zero attached hydrogens (tertiary/aromatic N) is 1. The Labute approximate surface area is 91.5 Å². The highest BCUT2D eigenvalue weighted by Crippen LogP contribution is 2.28. The molecular formula is C13H19NO. The molecule has 2 nitrogen and oxygen atoms in total. The second-order valence-electron chi connectivity index (χ2n) is 4.67. The monoisotopic (exact) mass is 205 g/mol. The highest BCUT2D eigenvalue weighted by atomic mass is 16.3. The Hall–Kier alpha value is -0.860. The van der Waals surface area contributed by atoms with Crippen molar-refractivity contribution in [2.75, 3.05) is 20.1 Å². The lowest BCUT2D eigenvalue weighted by Gasteiger charge is -2.37. The molecule has 15 heavy (non-hydrogen) atoms. The summed E-state index contributed by atoms with van der Waals surface area (Å²) in [4.78, 5) is 2.32. The van der Waals surface area contributed by atoms with Crippen LogP contribution in [0.1, 0.15) is 24.0 Å². The molecule has 1 N–H and O–H groups in total. The van der Waals surface area contributed by atoms with Crippen molar-refractivity contribution in [2.45, 2.75) is 25.4 Å². The first-order chi connectivity index (χ1) is 7.16. The van der Waals surface area contributed by atoms with Gasteiger partial charge in [-0.1, -0.05) is 24.3 Å². The van der Waals surface area contributed by atoms with Gasteiger partial charge in [-0.25, -0.2) is 0 Å². The minimum atomic E-state index is -0.246. The zero-order valence-electron chi connectivity index (χ0n) is 9.48. The first-order valence-corrected chi connectivity index (χ1v) is 5.61. The summed E-state index contributed by atoms with van der Waals surface area (Å²) in [7, 11) is 2.15. The maximum absolute atomic E-state index is 9.44. The number of aliphatic hydroxyl groups is 1. The third-order valence-corrected chi connectivity index (χ3v) is 3.07. The Balaban J connectivity index is 2.15. The summed E-state index contributed by atoms with van der Waals surface area (Å²) in [6.07, 6.45) is 0.528. The third-order valence-electron chi connectivity index (χ3n) is 3.07. The van der Waals surface area contributed by atoms with E-state index in [2.05, 4.69) is 36.2 Å². The molecule has 2 heteroatoms. The largest absolute Gasteiger partial charge is 0.393 e. The smallest absolute Gasteiger partial charge is 0.0552 e. The molecule has 82 valence electrons. The fourth-order valence-electron chi connectivity index (χ4n) is 2.33. The highest BCUT2D eigenvalue weighted by Gasteiger charge is 2.26. The van der Waals surface area contributed by atoms with Crippen molar-refractivity contribution in [3.63, 3.8) is 0 Å². The zero-order chi connectivity index (χ0) is 10.8. The summed E-state index contributed by atoms with van der Waals surface area (Å²) < 4.78 is 0. The van der Waals surface area contributed by atoms with E-state index in [1.54, 1.807) is 0 Å². The van der Waals surface area contributed by atoms with Crippen molar-refractivity contribution in [2.24, 2.45) is 0 Å². The molecule has 1 aliphatic heterocycles. The normalized spacial score (nSPS) is 19.9. The molecule has 0 saturated carbocycles. The van der Waals surface area contributed by atoms with Gasteiger partial charge in [0, 0.05) is 19.0 Å². The van der Waals surface area contributed by atoms with Crippen LogP contribution in [0.4, 0.5) is 0 Å². The molecule has 0 radical (unpaired) electrons. The van der Waals surface area contributed by atoms with E-state index in [0.29, 0.717) is 5.92 Å². The molecule has 1 aliphatic rings. The van der Waals surface area contributed by atoms with Gasteiger partial charge in [0.15, 0.2) is 0 Å². The van der Waals surface area contributed by atoms with Crippen LogP contribution < -0.4 is 0 Å². The molecular weight excluding hydrogens is 186 g/mol. The van der Waals surface area contributed by atoms with Crippen molar-refractivity contribution in [1.82, 2.24) is 4.90 Å². The van der Waals surface area contributed by atoms with Crippen LogP contribution >= 0.6 is 0 Å². The van der Waals surface area contributed by atoms with E-state index < -0.39 is 0 Å². The molecule has 0 aliphatic carbocycles. The fourth-order valence-corrected chi connectivity index (χ4v) is 2.33. The van der Waals surface area contributed by atoms with Gasteiger partial charge in [0.2, 0.25) is 0 Å². The quantitative estimate of drug-likeness (QED) is 0.811. The van der Waals surface area contributed by atoms with Crippen LogP contribution in [0.3, 0.4) is 0 Å². The lowest BCUT2D eigenvalue weighted by Crippen LogP contribution is -2.42. The van der Waals surface area contributed by atoms with Crippen molar-refractivity contribution >= 4 is 0 Å². The Morgan fingerprint density at radius 1 is 1.40 bits per heavy atom.